The third-order valence-corrected chi connectivity index (χ3v) is 5.43. The van der Waals surface area contributed by atoms with Crippen molar-refractivity contribution in [1.29, 1.82) is 0 Å². The Morgan fingerprint density at radius 1 is 1.08 bits per heavy atom. The monoisotopic (exact) mass is 325 g/mol. The highest BCUT2D eigenvalue weighted by Crippen LogP contribution is 2.34. The molecule has 2 aliphatic rings. The molecule has 2 heterocycles. The van der Waals surface area contributed by atoms with Gasteiger partial charge in [-0.2, -0.15) is 0 Å². The van der Waals surface area contributed by atoms with Crippen LogP contribution in [-0.4, -0.2) is 34.1 Å². The topological polar surface area (TPSA) is 30.3 Å². The van der Waals surface area contributed by atoms with Crippen LogP contribution in [-0.2, 0) is 13.1 Å². The summed E-state index contributed by atoms with van der Waals surface area (Å²) in [7, 11) is 0. The van der Waals surface area contributed by atoms with Crippen molar-refractivity contribution < 1.29 is 4.74 Å². The van der Waals surface area contributed by atoms with Gasteiger partial charge in [0.15, 0.2) is 0 Å². The maximum Gasteiger partial charge on any atom is 0.119 e. The molecule has 0 amide bonds. The second-order valence-corrected chi connectivity index (χ2v) is 7.39. The molecule has 4 rings (SSSR count). The lowest BCUT2D eigenvalue weighted by Gasteiger charge is -2.41. The molecule has 1 saturated heterocycles. The maximum atomic E-state index is 5.82. The summed E-state index contributed by atoms with van der Waals surface area (Å²) in [5.41, 5.74) is 1.40. The zero-order valence-corrected chi connectivity index (χ0v) is 14.3. The van der Waals surface area contributed by atoms with Gasteiger partial charge in [0.2, 0.25) is 0 Å². The van der Waals surface area contributed by atoms with E-state index in [-0.39, 0.29) is 0 Å². The second kappa shape index (κ2) is 7.39. The fourth-order valence-corrected chi connectivity index (χ4v) is 4.31. The Morgan fingerprint density at radius 2 is 1.88 bits per heavy atom. The lowest BCUT2D eigenvalue weighted by molar-refractivity contribution is 0.0808. The fourth-order valence-electron chi connectivity index (χ4n) is 4.31. The average Bonchev–Trinajstić information content (AvgIpc) is 3.10. The van der Waals surface area contributed by atoms with Crippen LogP contribution in [0.1, 0.15) is 31.2 Å². The Kier molecular flexibility index (Phi) is 4.83. The number of hydrogen-bond donors (Lipinski definition) is 0. The van der Waals surface area contributed by atoms with E-state index in [1.807, 2.05) is 17.1 Å². The van der Waals surface area contributed by atoms with E-state index in [0.29, 0.717) is 6.61 Å². The number of nitrogens with zero attached hydrogens (tertiary/aromatic N) is 3. The molecule has 1 aliphatic carbocycles. The van der Waals surface area contributed by atoms with Gasteiger partial charge in [-0.05, 0) is 48.8 Å². The third-order valence-electron chi connectivity index (χ3n) is 5.43. The van der Waals surface area contributed by atoms with Gasteiger partial charge in [-0.3, -0.25) is 4.90 Å². The van der Waals surface area contributed by atoms with Crippen LogP contribution >= 0.6 is 0 Å². The van der Waals surface area contributed by atoms with Crippen molar-refractivity contribution in [3.63, 3.8) is 0 Å². The molecular weight excluding hydrogens is 298 g/mol. The summed E-state index contributed by atoms with van der Waals surface area (Å²) in [4.78, 5) is 6.70. The highest BCUT2D eigenvalue weighted by Gasteiger charge is 2.30. The van der Waals surface area contributed by atoms with Gasteiger partial charge in [-0.1, -0.05) is 18.6 Å². The Morgan fingerprint density at radius 3 is 2.58 bits per heavy atom. The maximum absolute atomic E-state index is 5.82. The van der Waals surface area contributed by atoms with Crippen molar-refractivity contribution >= 4 is 0 Å². The zero-order valence-electron chi connectivity index (χ0n) is 14.3. The van der Waals surface area contributed by atoms with Crippen LogP contribution in [0, 0.1) is 11.8 Å². The molecule has 2 fully saturated rings. The highest BCUT2D eigenvalue weighted by molar-refractivity contribution is 5.27. The van der Waals surface area contributed by atoms with Gasteiger partial charge in [0.25, 0.3) is 0 Å². The van der Waals surface area contributed by atoms with Gasteiger partial charge in [0, 0.05) is 32.0 Å². The Labute approximate surface area is 144 Å². The minimum Gasteiger partial charge on any atom is -0.492 e. The minimum absolute atomic E-state index is 0.672. The molecule has 0 unspecified atom stereocenters. The van der Waals surface area contributed by atoms with Gasteiger partial charge < -0.3 is 9.30 Å². The van der Waals surface area contributed by atoms with Crippen molar-refractivity contribution in [3.8, 4) is 5.75 Å². The molecule has 2 atom stereocenters. The molecule has 0 N–H and O–H groups in total. The Hall–Kier alpha value is -1.81. The number of ether oxygens (including phenoxy) is 1. The van der Waals surface area contributed by atoms with Gasteiger partial charge >= 0.3 is 0 Å². The molecule has 1 saturated carbocycles. The van der Waals surface area contributed by atoms with Crippen LogP contribution in [0.3, 0.4) is 0 Å². The predicted molar refractivity (Wildman–Crippen MR) is 94.9 cm³/mol. The fraction of sp³-hybridized carbons (Fsp3) is 0.550. The van der Waals surface area contributed by atoms with E-state index in [1.54, 1.807) is 6.20 Å². The molecule has 0 radical (unpaired) electrons. The lowest BCUT2D eigenvalue weighted by atomic mass is 9.78. The molecule has 1 aliphatic heterocycles. The number of rotatable bonds is 6. The van der Waals surface area contributed by atoms with E-state index in [2.05, 4.69) is 34.1 Å². The van der Waals surface area contributed by atoms with Crippen molar-refractivity contribution in [1.82, 2.24) is 14.5 Å². The summed E-state index contributed by atoms with van der Waals surface area (Å²) in [6.45, 7) is 5.17. The van der Waals surface area contributed by atoms with Crippen LogP contribution in [0.4, 0.5) is 0 Å². The van der Waals surface area contributed by atoms with E-state index < -0.39 is 0 Å². The van der Waals surface area contributed by atoms with Crippen molar-refractivity contribution in [2.24, 2.45) is 11.8 Å². The summed E-state index contributed by atoms with van der Waals surface area (Å²) in [5.74, 6) is 2.85. The molecule has 4 heteroatoms. The molecule has 128 valence electrons. The number of imidazole rings is 1. The first-order chi connectivity index (χ1) is 11.8. The van der Waals surface area contributed by atoms with E-state index in [0.717, 1.165) is 30.7 Å². The Bertz CT molecular complexity index is 611. The molecule has 24 heavy (non-hydrogen) atoms. The smallest absolute Gasteiger partial charge is 0.119 e. The normalized spacial score (nSPS) is 24.0. The van der Waals surface area contributed by atoms with Crippen LogP contribution in [0.25, 0.3) is 0 Å². The summed E-state index contributed by atoms with van der Waals surface area (Å²) < 4.78 is 7.85. The van der Waals surface area contributed by atoms with Gasteiger partial charge in [0.1, 0.15) is 12.4 Å². The summed E-state index contributed by atoms with van der Waals surface area (Å²) in [6, 6.07) is 8.65. The SMILES string of the molecule is c1cn(CCOc2ccc(CN3C[C@@H]4CCC[C@H](C4)C3)cc2)cn1. The Balaban J connectivity index is 1.26. The number of fused-ring (bicyclic) bond motifs is 2. The summed E-state index contributed by atoms with van der Waals surface area (Å²) in [6.07, 6.45) is 11.4. The number of hydrogen-bond acceptors (Lipinski definition) is 3. The number of benzene rings is 1. The summed E-state index contributed by atoms with van der Waals surface area (Å²) >= 11 is 0. The van der Waals surface area contributed by atoms with Crippen molar-refractivity contribution in [3.05, 3.63) is 48.5 Å². The first-order valence-electron chi connectivity index (χ1n) is 9.25. The number of aromatic nitrogens is 2. The molecule has 2 aromatic rings. The van der Waals surface area contributed by atoms with Crippen molar-refractivity contribution in [2.45, 2.75) is 38.8 Å². The minimum atomic E-state index is 0.672. The predicted octanol–water partition coefficient (Wildman–Crippen LogP) is 3.58. The molecule has 0 spiro atoms. The van der Waals surface area contributed by atoms with Crippen LogP contribution < -0.4 is 4.74 Å². The van der Waals surface area contributed by atoms with Crippen LogP contribution in [0.15, 0.2) is 43.0 Å². The highest BCUT2D eigenvalue weighted by atomic mass is 16.5. The number of likely N-dealkylation sites (tertiary alicyclic amines) is 1. The van der Waals surface area contributed by atoms with E-state index in [9.17, 15) is 0 Å². The van der Waals surface area contributed by atoms with Crippen molar-refractivity contribution in [2.75, 3.05) is 19.7 Å². The standard InChI is InChI=1S/C20H27N3O/c1-2-18-12-19(3-1)15-23(14-18)13-17-4-6-20(7-5-17)24-11-10-22-9-8-21-16-22/h4-9,16,18-19H,1-3,10-15H2/t18-,19-/m1/s1. The van der Waals surface area contributed by atoms with E-state index in [1.165, 1.54) is 44.3 Å². The number of piperidine rings is 1. The largest absolute Gasteiger partial charge is 0.492 e. The van der Waals surface area contributed by atoms with Gasteiger partial charge in [-0.15, -0.1) is 0 Å². The molecular formula is C20H27N3O. The molecule has 4 nitrogen and oxygen atoms in total. The van der Waals surface area contributed by atoms with Crippen LogP contribution in [0.2, 0.25) is 0 Å². The zero-order chi connectivity index (χ0) is 16.2. The second-order valence-electron chi connectivity index (χ2n) is 7.39. The quantitative estimate of drug-likeness (QED) is 0.813. The van der Waals surface area contributed by atoms with E-state index in [4.69, 9.17) is 4.74 Å². The molecule has 1 aromatic carbocycles. The van der Waals surface area contributed by atoms with E-state index >= 15 is 0 Å². The van der Waals surface area contributed by atoms with Gasteiger partial charge in [0.05, 0.1) is 12.9 Å². The van der Waals surface area contributed by atoms with Gasteiger partial charge in [-0.25, -0.2) is 4.98 Å². The first kappa shape index (κ1) is 15.7. The molecule has 2 bridgehead atoms. The summed E-state index contributed by atoms with van der Waals surface area (Å²) in [5, 5.41) is 0. The average molecular weight is 325 g/mol. The molecule has 1 aromatic heterocycles. The first-order valence-corrected chi connectivity index (χ1v) is 9.25. The van der Waals surface area contributed by atoms with Crippen LogP contribution in [0.5, 0.6) is 5.75 Å². The third kappa shape index (κ3) is 3.99. The lowest BCUT2D eigenvalue weighted by Crippen LogP contribution is -2.42.